The highest BCUT2D eigenvalue weighted by molar-refractivity contribution is 6.19. The van der Waals surface area contributed by atoms with Crippen molar-refractivity contribution in [2.75, 3.05) is 18.6 Å². The summed E-state index contributed by atoms with van der Waals surface area (Å²) in [5, 5.41) is 0.851. The molecule has 1 aliphatic carbocycles. The van der Waals surface area contributed by atoms with Gasteiger partial charge in [0.05, 0.1) is 12.2 Å². The third-order valence-corrected chi connectivity index (χ3v) is 4.90. The fraction of sp³-hybridized carbons (Fsp3) is 0.550. The van der Waals surface area contributed by atoms with Gasteiger partial charge >= 0.3 is 0 Å². The lowest BCUT2D eigenvalue weighted by Crippen LogP contribution is -2.37. The van der Waals surface area contributed by atoms with E-state index in [0.29, 0.717) is 30.9 Å². The molecule has 1 aliphatic heterocycles. The van der Waals surface area contributed by atoms with Crippen LogP contribution in [0.25, 0.3) is 0 Å². The molecule has 2 heterocycles. The summed E-state index contributed by atoms with van der Waals surface area (Å²) in [6.07, 6.45) is 1.02. The van der Waals surface area contributed by atoms with E-state index < -0.39 is 23.7 Å². The van der Waals surface area contributed by atoms with Crippen molar-refractivity contribution in [3.05, 3.63) is 34.5 Å². The summed E-state index contributed by atoms with van der Waals surface area (Å²) in [5.74, 6) is -4.09. The normalized spacial score (nSPS) is 17.9. The maximum Gasteiger partial charge on any atom is 0.278 e. The Kier molecular flexibility index (Phi) is 5.52. The van der Waals surface area contributed by atoms with Gasteiger partial charge in [0.2, 0.25) is 0 Å². The van der Waals surface area contributed by atoms with Gasteiger partial charge in [-0.3, -0.25) is 15.0 Å². The summed E-state index contributed by atoms with van der Waals surface area (Å²) >= 11 is 0. The lowest BCUT2D eigenvalue weighted by Gasteiger charge is -2.20. The van der Waals surface area contributed by atoms with Crippen LogP contribution in [0.5, 0.6) is 0 Å². The number of pyridine rings is 1. The zero-order chi connectivity index (χ0) is 20.6. The fourth-order valence-corrected chi connectivity index (χ4v) is 3.11. The van der Waals surface area contributed by atoms with E-state index in [-0.39, 0.29) is 29.3 Å². The quantitative estimate of drug-likeness (QED) is 0.684. The molecule has 2 amide bonds. The van der Waals surface area contributed by atoms with Gasteiger partial charge in [-0.25, -0.2) is 13.8 Å². The van der Waals surface area contributed by atoms with E-state index in [0.717, 1.165) is 5.01 Å². The summed E-state index contributed by atoms with van der Waals surface area (Å²) in [6.45, 7) is 7.56. The number of aromatic nitrogens is 1. The minimum atomic E-state index is -2.91. The van der Waals surface area contributed by atoms with Crippen LogP contribution in [0.15, 0.2) is 23.3 Å². The number of imide groups is 1. The molecule has 6 nitrogen and oxygen atoms in total. The molecule has 152 valence electrons. The van der Waals surface area contributed by atoms with Crippen molar-refractivity contribution in [1.29, 1.82) is 0 Å². The van der Waals surface area contributed by atoms with E-state index in [4.69, 9.17) is 4.74 Å². The number of hydrogen-bond acceptors (Lipinski definition) is 5. The minimum Gasteiger partial charge on any atom is -0.376 e. The van der Waals surface area contributed by atoms with Crippen molar-refractivity contribution in [3.63, 3.8) is 0 Å². The molecule has 1 aromatic rings. The van der Waals surface area contributed by atoms with Crippen LogP contribution in [-0.2, 0) is 20.2 Å². The van der Waals surface area contributed by atoms with Gasteiger partial charge in [0.15, 0.2) is 0 Å². The minimum absolute atomic E-state index is 0.0474. The second-order valence-electron chi connectivity index (χ2n) is 7.80. The van der Waals surface area contributed by atoms with Gasteiger partial charge in [-0.1, -0.05) is 13.8 Å². The number of aryl methyl sites for hydroxylation is 1. The Balaban J connectivity index is 1.71. The fourth-order valence-electron chi connectivity index (χ4n) is 3.11. The highest BCUT2D eigenvalue weighted by Gasteiger charge is 2.49. The van der Waals surface area contributed by atoms with Crippen molar-refractivity contribution in [2.24, 2.45) is 11.8 Å². The molecule has 1 fully saturated rings. The molecule has 0 spiro atoms. The zero-order valence-corrected chi connectivity index (χ0v) is 16.5. The second kappa shape index (κ2) is 7.58. The standard InChI is InChI=1S/C20H25F2N3O3/c1-11(2)9-28-10-15-12(3)18(26)25(19(15)27)24-17-8-7-16(13(4)23-17)20(21,22)14-5-6-14/h7-8,11,14H,5-6,9-10H2,1-4H3,(H,23,24). The number of amides is 2. The van der Waals surface area contributed by atoms with Gasteiger partial charge in [0, 0.05) is 29.4 Å². The number of nitrogens with one attached hydrogen (secondary N) is 1. The van der Waals surface area contributed by atoms with Crippen LogP contribution in [0.1, 0.15) is 44.9 Å². The number of alkyl halides is 2. The van der Waals surface area contributed by atoms with E-state index in [1.54, 1.807) is 6.92 Å². The van der Waals surface area contributed by atoms with Crippen molar-refractivity contribution in [1.82, 2.24) is 9.99 Å². The Morgan fingerprint density at radius 2 is 1.93 bits per heavy atom. The summed E-state index contributed by atoms with van der Waals surface area (Å²) in [5.41, 5.74) is 3.29. The number of carbonyl (C=O) groups excluding carboxylic acids is 2. The van der Waals surface area contributed by atoms with Gasteiger partial charge in [0.25, 0.3) is 17.7 Å². The number of carbonyl (C=O) groups is 2. The molecule has 28 heavy (non-hydrogen) atoms. The van der Waals surface area contributed by atoms with Crippen molar-refractivity contribution in [3.8, 4) is 0 Å². The topological polar surface area (TPSA) is 71.5 Å². The lowest BCUT2D eigenvalue weighted by atomic mass is 10.0. The Morgan fingerprint density at radius 1 is 1.25 bits per heavy atom. The highest BCUT2D eigenvalue weighted by atomic mass is 19.3. The molecule has 2 aliphatic rings. The molecular formula is C20H25F2N3O3. The van der Waals surface area contributed by atoms with Crippen LogP contribution in [-0.4, -0.2) is 35.0 Å². The molecule has 0 unspecified atom stereocenters. The van der Waals surface area contributed by atoms with Gasteiger partial charge in [-0.05, 0) is 44.7 Å². The lowest BCUT2D eigenvalue weighted by molar-refractivity contribution is -0.136. The molecule has 1 N–H and O–H groups in total. The molecule has 0 radical (unpaired) electrons. The Hall–Kier alpha value is -2.35. The maximum atomic E-state index is 14.3. The first-order valence-corrected chi connectivity index (χ1v) is 9.41. The molecule has 1 saturated carbocycles. The van der Waals surface area contributed by atoms with Gasteiger partial charge in [-0.2, -0.15) is 5.01 Å². The molecule has 3 rings (SSSR count). The van der Waals surface area contributed by atoms with E-state index in [9.17, 15) is 18.4 Å². The molecule has 0 saturated heterocycles. The first kappa shape index (κ1) is 20.4. The van der Waals surface area contributed by atoms with E-state index in [1.807, 2.05) is 13.8 Å². The van der Waals surface area contributed by atoms with Crippen LogP contribution >= 0.6 is 0 Å². The van der Waals surface area contributed by atoms with Crippen molar-refractivity contribution < 1.29 is 23.1 Å². The Bertz CT molecular complexity index is 832. The molecule has 0 aromatic carbocycles. The van der Waals surface area contributed by atoms with E-state index >= 15 is 0 Å². The Labute approximate surface area is 162 Å². The van der Waals surface area contributed by atoms with Crippen molar-refractivity contribution >= 4 is 17.6 Å². The average Bonchev–Trinajstić information content (AvgIpc) is 3.44. The molecule has 1 aromatic heterocycles. The first-order chi connectivity index (χ1) is 13.1. The second-order valence-corrected chi connectivity index (χ2v) is 7.80. The zero-order valence-electron chi connectivity index (χ0n) is 16.5. The first-order valence-electron chi connectivity index (χ1n) is 9.41. The number of hydrazine groups is 1. The van der Waals surface area contributed by atoms with Crippen LogP contribution in [0.4, 0.5) is 14.6 Å². The van der Waals surface area contributed by atoms with E-state index in [2.05, 4.69) is 10.4 Å². The van der Waals surface area contributed by atoms with Crippen LogP contribution in [0, 0.1) is 18.8 Å². The number of anilines is 1. The van der Waals surface area contributed by atoms with Crippen molar-refractivity contribution in [2.45, 2.75) is 46.5 Å². The number of ether oxygens (including phenoxy) is 1. The smallest absolute Gasteiger partial charge is 0.278 e. The number of halogens is 2. The summed E-state index contributed by atoms with van der Waals surface area (Å²) in [6, 6.07) is 2.67. The van der Waals surface area contributed by atoms with E-state index in [1.165, 1.54) is 19.1 Å². The number of rotatable bonds is 8. The summed E-state index contributed by atoms with van der Waals surface area (Å²) < 4.78 is 34.2. The highest BCUT2D eigenvalue weighted by Crippen LogP contribution is 2.50. The van der Waals surface area contributed by atoms with Gasteiger partial charge in [0.1, 0.15) is 5.82 Å². The molecule has 0 bridgehead atoms. The maximum absolute atomic E-state index is 14.3. The Morgan fingerprint density at radius 3 is 2.50 bits per heavy atom. The van der Waals surface area contributed by atoms with Crippen LogP contribution < -0.4 is 5.43 Å². The van der Waals surface area contributed by atoms with Gasteiger partial charge in [-0.15, -0.1) is 0 Å². The number of nitrogens with zero attached hydrogens (tertiary/aromatic N) is 2. The molecule has 0 atom stereocenters. The summed E-state index contributed by atoms with van der Waals surface area (Å²) in [4.78, 5) is 29.1. The molecule has 8 heteroatoms. The average molecular weight is 393 g/mol. The SMILES string of the molecule is CC1=C(COCC(C)C)C(=O)N(Nc2ccc(C(F)(F)C3CC3)c(C)n2)C1=O. The monoisotopic (exact) mass is 393 g/mol. The predicted molar refractivity (Wildman–Crippen MR) is 99.4 cm³/mol. The third kappa shape index (κ3) is 3.92. The summed E-state index contributed by atoms with van der Waals surface area (Å²) in [7, 11) is 0. The van der Waals surface area contributed by atoms with Crippen LogP contribution in [0.3, 0.4) is 0 Å². The predicted octanol–water partition coefficient (Wildman–Crippen LogP) is 3.58. The largest absolute Gasteiger partial charge is 0.376 e. The number of hydrogen-bond donors (Lipinski definition) is 1. The third-order valence-electron chi connectivity index (χ3n) is 4.90. The van der Waals surface area contributed by atoms with Crippen LogP contribution in [0.2, 0.25) is 0 Å². The van der Waals surface area contributed by atoms with Gasteiger partial charge < -0.3 is 4.74 Å². The molecular weight excluding hydrogens is 368 g/mol.